The summed E-state index contributed by atoms with van der Waals surface area (Å²) >= 11 is 0. The van der Waals surface area contributed by atoms with E-state index in [4.69, 9.17) is 13.5 Å². The fourth-order valence-electron chi connectivity index (χ4n) is 8.93. The van der Waals surface area contributed by atoms with Crippen molar-refractivity contribution in [2.75, 3.05) is 0 Å². The standard InChI is InChI=1S/C45H36N3O.C14H16NSi.Ir/c1-26(2)35-23-32(29-12-7-6-8-13-29)24-36(27(3)4)43(35)48-40-17-10-9-16-38(40)47-45(48)34-15-11-14-33-42-37-22-31-19-18-28(5)46-39(31)25-30(37)20-21-41(42)49-44(33)34;1-16(2,3)13-9-10-14(15-11-13)12-7-5-4-6-8-12;/h6-14,16-27H,1-5H3;4-7,9-11H,1-3H3;/q2*-1;/i5D3;;. The van der Waals surface area contributed by atoms with E-state index in [0.29, 0.717) is 5.52 Å². The molecule has 0 saturated carbocycles. The maximum Gasteiger partial charge on any atom is 0.121 e. The smallest absolute Gasteiger partial charge is 0.121 e. The number of aryl methyl sites for hydroxylation is 1. The summed E-state index contributed by atoms with van der Waals surface area (Å²) in [4.78, 5) is 14.3. The quantitative estimate of drug-likeness (QED) is 0.0907. The Bertz CT molecular complexity index is 3620. The van der Waals surface area contributed by atoms with Crippen LogP contribution < -0.4 is 5.19 Å². The van der Waals surface area contributed by atoms with Crippen LogP contribution in [-0.2, 0) is 20.1 Å². The number of hydrogen-bond acceptors (Lipinski definition) is 4. The summed E-state index contributed by atoms with van der Waals surface area (Å²) in [6.45, 7) is 13.8. The molecule has 11 rings (SSSR count). The zero-order chi connectivity index (χ0) is 47.5. The van der Waals surface area contributed by atoms with Crippen LogP contribution in [0.1, 0.15) is 60.5 Å². The Morgan fingerprint density at radius 1 is 0.652 bits per heavy atom. The van der Waals surface area contributed by atoms with Gasteiger partial charge < -0.3 is 14.0 Å². The molecule has 7 heteroatoms. The summed E-state index contributed by atoms with van der Waals surface area (Å²) in [5.41, 5.74) is 13.0. The Labute approximate surface area is 406 Å². The van der Waals surface area contributed by atoms with E-state index in [2.05, 4.69) is 159 Å². The number of nitrogens with zero attached hydrogens (tertiary/aromatic N) is 4. The van der Waals surface area contributed by atoms with Crippen LogP contribution in [0, 0.1) is 19.0 Å². The largest absolute Gasteiger partial charge is 0.501 e. The molecule has 0 spiro atoms. The number of imidazole rings is 1. The predicted molar refractivity (Wildman–Crippen MR) is 275 cm³/mol. The number of benzene rings is 7. The van der Waals surface area contributed by atoms with Crippen molar-refractivity contribution in [2.45, 2.75) is 66.0 Å². The van der Waals surface area contributed by atoms with Gasteiger partial charge in [0.25, 0.3) is 0 Å². The van der Waals surface area contributed by atoms with E-state index in [1.807, 2.05) is 66.9 Å². The number of rotatable bonds is 7. The summed E-state index contributed by atoms with van der Waals surface area (Å²) in [5, 5.41) is 6.19. The van der Waals surface area contributed by atoms with Gasteiger partial charge in [-0.1, -0.05) is 125 Å². The number of fused-ring (bicyclic) bond motifs is 7. The van der Waals surface area contributed by atoms with E-state index in [9.17, 15) is 0 Å². The molecular formula is C59H52IrN4OSi-2. The van der Waals surface area contributed by atoms with Crippen LogP contribution >= 0.6 is 0 Å². The van der Waals surface area contributed by atoms with Crippen LogP contribution in [-0.4, -0.2) is 27.6 Å². The van der Waals surface area contributed by atoms with Crippen LogP contribution in [0.2, 0.25) is 19.6 Å². The Morgan fingerprint density at radius 3 is 2.09 bits per heavy atom. The molecule has 0 N–H and O–H groups in total. The molecule has 0 amide bonds. The molecule has 0 atom stereocenters. The summed E-state index contributed by atoms with van der Waals surface area (Å²) in [7, 11) is -1.23. The van der Waals surface area contributed by atoms with Gasteiger partial charge in [-0.2, -0.15) is 0 Å². The van der Waals surface area contributed by atoms with Crippen molar-refractivity contribution in [2.24, 2.45) is 0 Å². The van der Waals surface area contributed by atoms with Crippen molar-refractivity contribution < 1.29 is 28.6 Å². The molecule has 66 heavy (non-hydrogen) atoms. The fourth-order valence-corrected chi connectivity index (χ4v) is 9.97. The van der Waals surface area contributed by atoms with Crippen LogP contribution in [0.25, 0.3) is 94.1 Å². The summed E-state index contributed by atoms with van der Waals surface area (Å²) in [6, 6.07) is 58.1. The molecule has 0 aliphatic carbocycles. The second-order valence-electron chi connectivity index (χ2n) is 18.5. The second-order valence-corrected chi connectivity index (χ2v) is 23.6. The first-order valence-electron chi connectivity index (χ1n) is 23.9. The second kappa shape index (κ2) is 18.1. The molecule has 0 bridgehead atoms. The maximum atomic E-state index is 7.84. The first-order valence-corrected chi connectivity index (χ1v) is 25.9. The SMILES string of the molecule is C[Si](C)(C)c1ccc(-c2[c-]cccc2)nc1.[2H]C([2H])([2H])c1ccc2cc3c(ccc4oc5c(-c6nc7ccccc7n6-c6c(C(C)C)cc(-c7ccccc7)cc6C(C)C)[c-]ccc5c43)cc2n1.[Ir]. The third kappa shape index (κ3) is 8.32. The number of para-hydroxylation sites is 2. The van der Waals surface area contributed by atoms with Crippen molar-refractivity contribution in [3.05, 3.63) is 187 Å². The van der Waals surface area contributed by atoms with Gasteiger partial charge >= 0.3 is 0 Å². The zero-order valence-electron chi connectivity index (χ0n) is 41.2. The van der Waals surface area contributed by atoms with Crippen LogP contribution in [0.5, 0.6) is 0 Å². The normalized spacial score (nSPS) is 12.7. The molecule has 4 aromatic heterocycles. The van der Waals surface area contributed by atoms with E-state index < -0.39 is 14.9 Å². The molecule has 11 aromatic rings. The monoisotopic (exact) mass is 1060 g/mol. The molecule has 4 heterocycles. The van der Waals surface area contributed by atoms with Crippen LogP contribution in [0.15, 0.2) is 162 Å². The van der Waals surface area contributed by atoms with Crippen LogP contribution in [0.3, 0.4) is 0 Å². The van der Waals surface area contributed by atoms with Crippen molar-refractivity contribution >= 4 is 67.9 Å². The molecule has 0 unspecified atom stereocenters. The molecular weight excluding hydrogens is 1000 g/mol. The van der Waals surface area contributed by atoms with Crippen molar-refractivity contribution in [3.8, 4) is 39.5 Å². The molecule has 0 aliphatic rings. The third-order valence-corrected chi connectivity index (χ3v) is 14.4. The fraction of sp³-hybridized carbons (Fsp3) is 0.169. The first-order chi connectivity index (χ1) is 32.6. The Hall–Kier alpha value is -6.50. The Morgan fingerprint density at radius 2 is 1.39 bits per heavy atom. The van der Waals surface area contributed by atoms with Gasteiger partial charge in [0.2, 0.25) is 0 Å². The Balaban J connectivity index is 0.000000296. The molecule has 0 fully saturated rings. The number of pyridine rings is 2. The van der Waals surface area contributed by atoms with Gasteiger partial charge in [0, 0.05) is 52.6 Å². The van der Waals surface area contributed by atoms with E-state index >= 15 is 0 Å². The minimum atomic E-state index is -2.27. The molecule has 5 nitrogen and oxygen atoms in total. The van der Waals surface area contributed by atoms with Gasteiger partial charge in [-0.15, -0.1) is 54.1 Å². The van der Waals surface area contributed by atoms with Gasteiger partial charge in [-0.3, -0.25) is 9.97 Å². The van der Waals surface area contributed by atoms with E-state index in [1.165, 1.54) is 27.4 Å². The zero-order valence-corrected chi connectivity index (χ0v) is 41.6. The molecule has 7 aromatic carbocycles. The minimum absolute atomic E-state index is 0. The first kappa shape index (κ1) is 41.0. The summed E-state index contributed by atoms with van der Waals surface area (Å²) in [6.07, 6.45) is 2.02. The van der Waals surface area contributed by atoms with Crippen LogP contribution in [0.4, 0.5) is 0 Å². The average molecular weight is 1060 g/mol. The van der Waals surface area contributed by atoms with E-state index in [1.54, 1.807) is 6.07 Å². The van der Waals surface area contributed by atoms with Gasteiger partial charge in [-0.25, -0.2) is 0 Å². The van der Waals surface area contributed by atoms with Crippen molar-refractivity contribution in [1.29, 1.82) is 0 Å². The minimum Gasteiger partial charge on any atom is -0.501 e. The topological polar surface area (TPSA) is 56.7 Å². The number of furan rings is 1. The predicted octanol–water partition coefficient (Wildman–Crippen LogP) is 15.4. The van der Waals surface area contributed by atoms with Crippen molar-refractivity contribution in [1.82, 2.24) is 19.5 Å². The molecule has 0 aliphatic heterocycles. The van der Waals surface area contributed by atoms with E-state index in [0.717, 1.165) is 77.5 Å². The average Bonchev–Trinajstić information content (AvgIpc) is 3.92. The third-order valence-electron chi connectivity index (χ3n) is 12.4. The summed E-state index contributed by atoms with van der Waals surface area (Å²) < 4.78 is 32.6. The number of aromatic nitrogens is 4. The van der Waals surface area contributed by atoms with Gasteiger partial charge in [-0.05, 0) is 111 Å². The molecule has 329 valence electrons. The van der Waals surface area contributed by atoms with Gasteiger partial charge in [0.05, 0.1) is 36.0 Å². The molecule has 1 radical (unpaired) electrons. The Kier molecular flexibility index (Phi) is 11.2. The van der Waals surface area contributed by atoms with Gasteiger partial charge in [0.1, 0.15) is 5.58 Å². The maximum absolute atomic E-state index is 7.84. The molecule has 0 saturated heterocycles. The van der Waals surface area contributed by atoms with Gasteiger partial charge in [0.15, 0.2) is 0 Å². The summed E-state index contributed by atoms with van der Waals surface area (Å²) in [5.74, 6) is 1.25. The van der Waals surface area contributed by atoms with E-state index in [-0.39, 0.29) is 37.6 Å². The number of hydrogen-bond donors (Lipinski definition) is 0. The van der Waals surface area contributed by atoms with Crippen molar-refractivity contribution in [3.63, 3.8) is 0 Å².